The second-order valence-electron chi connectivity index (χ2n) is 5.63. The first-order chi connectivity index (χ1) is 10.0. The zero-order valence-corrected chi connectivity index (χ0v) is 14.2. The number of ether oxygens (including phenoxy) is 1. The molecule has 1 saturated carbocycles. The molecule has 0 spiro atoms. The van der Waals surface area contributed by atoms with Crippen molar-refractivity contribution in [1.82, 2.24) is 4.90 Å². The second kappa shape index (κ2) is 7.27. The highest BCUT2D eigenvalue weighted by molar-refractivity contribution is 9.10. The standard InChI is InChI=1S/C16H23BrN2O2/c1-3-19(14-5-6-14)16(20)10-21-15-7-4-13(17)9-12(15)8-11(2)18/h4,7,9,11,14H,3,5-6,8,10,18H2,1-2H3. The number of rotatable bonds is 7. The van der Waals surface area contributed by atoms with Gasteiger partial charge in [0, 0.05) is 23.1 Å². The molecule has 1 unspecified atom stereocenters. The highest BCUT2D eigenvalue weighted by atomic mass is 79.9. The molecule has 2 N–H and O–H groups in total. The van der Waals surface area contributed by atoms with Gasteiger partial charge in [0.2, 0.25) is 0 Å². The quantitative estimate of drug-likeness (QED) is 0.818. The second-order valence-corrected chi connectivity index (χ2v) is 6.55. The van der Waals surface area contributed by atoms with Gasteiger partial charge < -0.3 is 15.4 Å². The summed E-state index contributed by atoms with van der Waals surface area (Å²) >= 11 is 3.46. The molecule has 1 aromatic carbocycles. The van der Waals surface area contributed by atoms with Crippen LogP contribution in [0.15, 0.2) is 22.7 Å². The Morgan fingerprint density at radius 2 is 2.24 bits per heavy atom. The summed E-state index contributed by atoms with van der Waals surface area (Å²) in [6.45, 7) is 4.82. The van der Waals surface area contributed by atoms with Gasteiger partial charge in [0.25, 0.3) is 5.91 Å². The minimum Gasteiger partial charge on any atom is -0.483 e. The number of nitrogens with two attached hydrogens (primary N) is 1. The molecule has 0 radical (unpaired) electrons. The van der Waals surface area contributed by atoms with E-state index >= 15 is 0 Å². The molecule has 1 aromatic rings. The lowest BCUT2D eigenvalue weighted by Gasteiger charge is -2.21. The largest absolute Gasteiger partial charge is 0.483 e. The first-order valence-corrected chi connectivity index (χ1v) is 8.26. The average molecular weight is 355 g/mol. The molecule has 1 fully saturated rings. The highest BCUT2D eigenvalue weighted by Crippen LogP contribution is 2.27. The summed E-state index contributed by atoms with van der Waals surface area (Å²) in [7, 11) is 0. The van der Waals surface area contributed by atoms with E-state index in [1.165, 1.54) is 0 Å². The first-order valence-electron chi connectivity index (χ1n) is 7.47. The first kappa shape index (κ1) is 16.3. The lowest BCUT2D eigenvalue weighted by atomic mass is 10.1. The molecule has 0 aromatic heterocycles. The number of carbonyl (C=O) groups is 1. The lowest BCUT2D eigenvalue weighted by Crippen LogP contribution is -2.36. The van der Waals surface area contributed by atoms with Crippen molar-refractivity contribution in [3.8, 4) is 5.75 Å². The number of benzene rings is 1. The van der Waals surface area contributed by atoms with Gasteiger partial charge in [0.05, 0.1) is 0 Å². The average Bonchev–Trinajstić information content (AvgIpc) is 3.22. The third-order valence-electron chi connectivity index (χ3n) is 3.56. The number of nitrogens with zero attached hydrogens (tertiary/aromatic N) is 1. The molecule has 4 nitrogen and oxygen atoms in total. The Labute approximate surface area is 134 Å². The van der Waals surface area contributed by atoms with E-state index in [4.69, 9.17) is 10.5 Å². The van der Waals surface area contributed by atoms with Gasteiger partial charge in [-0.3, -0.25) is 4.79 Å². The molecular formula is C16H23BrN2O2. The fraction of sp³-hybridized carbons (Fsp3) is 0.562. The molecule has 1 amide bonds. The maximum absolute atomic E-state index is 12.2. The Balaban J connectivity index is 2.00. The molecule has 0 aliphatic heterocycles. The van der Waals surface area contributed by atoms with Crippen LogP contribution >= 0.6 is 15.9 Å². The van der Waals surface area contributed by atoms with Crippen molar-refractivity contribution in [2.24, 2.45) is 5.73 Å². The number of hydrogen-bond acceptors (Lipinski definition) is 3. The minimum absolute atomic E-state index is 0.0518. The van der Waals surface area contributed by atoms with Crippen LogP contribution < -0.4 is 10.5 Å². The Kier molecular flexibility index (Phi) is 5.65. The van der Waals surface area contributed by atoms with Crippen LogP contribution in [0.2, 0.25) is 0 Å². The van der Waals surface area contributed by atoms with Gasteiger partial charge in [0.15, 0.2) is 6.61 Å². The van der Waals surface area contributed by atoms with Crippen molar-refractivity contribution in [3.05, 3.63) is 28.2 Å². The maximum atomic E-state index is 12.2. The van der Waals surface area contributed by atoms with E-state index in [9.17, 15) is 4.79 Å². The van der Waals surface area contributed by atoms with Gasteiger partial charge in [-0.2, -0.15) is 0 Å². The Bertz CT molecular complexity index is 501. The maximum Gasteiger partial charge on any atom is 0.260 e. The number of carbonyl (C=O) groups excluding carboxylic acids is 1. The third-order valence-corrected chi connectivity index (χ3v) is 4.06. The predicted molar refractivity (Wildman–Crippen MR) is 87.4 cm³/mol. The number of halogens is 1. The fourth-order valence-corrected chi connectivity index (χ4v) is 2.85. The van der Waals surface area contributed by atoms with Crippen molar-refractivity contribution in [3.63, 3.8) is 0 Å². The fourth-order valence-electron chi connectivity index (χ4n) is 2.44. The van der Waals surface area contributed by atoms with Crippen molar-refractivity contribution < 1.29 is 9.53 Å². The molecule has 5 heteroatoms. The van der Waals surface area contributed by atoms with Crippen molar-refractivity contribution in [2.75, 3.05) is 13.2 Å². The van der Waals surface area contributed by atoms with E-state index in [1.54, 1.807) is 0 Å². The van der Waals surface area contributed by atoms with E-state index in [-0.39, 0.29) is 18.6 Å². The van der Waals surface area contributed by atoms with Crippen molar-refractivity contribution >= 4 is 21.8 Å². The monoisotopic (exact) mass is 354 g/mol. The van der Waals surface area contributed by atoms with Crippen LogP contribution in [-0.2, 0) is 11.2 Å². The van der Waals surface area contributed by atoms with Crippen LogP contribution in [0.1, 0.15) is 32.3 Å². The Hall–Kier alpha value is -1.07. The molecule has 2 rings (SSSR count). The molecule has 0 bridgehead atoms. The van der Waals surface area contributed by atoms with Crippen molar-refractivity contribution in [2.45, 2.75) is 45.2 Å². The van der Waals surface area contributed by atoms with Gasteiger partial charge in [0.1, 0.15) is 5.75 Å². The van der Waals surface area contributed by atoms with Crippen LogP contribution in [-0.4, -0.2) is 36.0 Å². The topological polar surface area (TPSA) is 55.6 Å². The van der Waals surface area contributed by atoms with Gasteiger partial charge in [-0.1, -0.05) is 15.9 Å². The van der Waals surface area contributed by atoms with E-state index < -0.39 is 0 Å². The molecule has 116 valence electrons. The number of amides is 1. The zero-order valence-electron chi connectivity index (χ0n) is 12.6. The number of hydrogen-bond donors (Lipinski definition) is 1. The summed E-state index contributed by atoms with van der Waals surface area (Å²) in [5, 5.41) is 0. The molecule has 1 aliphatic rings. The molecule has 1 atom stereocenters. The molecule has 1 aliphatic carbocycles. The van der Waals surface area contributed by atoms with Crippen molar-refractivity contribution in [1.29, 1.82) is 0 Å². The third kappa shape index (κ3) is 4.71. The van der Waals surface area contributed by atoms with E-state index in [1.807, 2.05) is 36.9 Å². The number of likely N-dealkylation sites (N-methyl/N-ethyl adjacent to an activating group) is 1. The van der Waals surface area contributed by atoms with Gasteiger partial charge in [-0.15, -0.1) is 0 Å². The summed E-state index contributed by atoms with van der Waals surface area (Å²) < 4.78 is 6.74. The van der Waals surface area contributed by atoms with Gasteiger partial charge in [-0.25, -0.2) is 0 Å². The van der Waals surface area contributed by atoms with Gasteiger partial charge >= 0.3 is 0 Å². The molecule has 21 heavy (non-hydrogen) atoms. The molecule has 0 saturated heterocycles. The highest BCUT2D eigenvalue weighted by Gasteiger charge is 2.31. The summed E-state index contributed by atoms with van der Waals surface area (Å²) in [6.07, 6.45) is 2.96. The van der Waals surface area contributed by atoms with Crippen LogP contribution in [0.25, 0.3) is 0 Å². The van der Waals surface area contributed by atoms with E-state index in [2.05, 4.69) is 15.9 Å². The summed E-state index contributed by atoms with van der Waals surface area (Å²) in [5.74, 6) is 0.811. The molecule has 0 heterocycles. The minimum atomic E-state index is 0.0518. The van der Waals surface area contributed by atoms with E-state index in [0.717, 1.165) is 41.6 Å². The SMILES string of the molecule is CCN(C(=O)COc1ccc(Br)cc1CC(C)N)C1CC1. The summed E-state index contributed by atoms with van der Waals surface area (Å²) in [5.41, 5.74) is 6.90. The molecular weight excluding hydrogens is 332 g/mol. The van der Waals surface area contributed by atoms with E-state index in [0.29, 0.717) is 6.04 Å². The zero-order chi connectivity index (χ0) is 15.4. The Morgan fingerprint density at radius 3 is 2.81 bits per heavy atom. The smallest absolute Gasteiger partial charge is 0.260 e. The predicted octanol–water partition coefficient (Wildman–Crippen LogP) is 2.73. The lowest BCUT2D eigenvalue weighted by molar-refractivity contribution is -0.133. The van der Waals surface area contributed by atoms with Crippen LogP contribution in [0.3, 0.4) is 0 Å². The summed E-state index contributed by atoms with van der Waals surface area (Å²) in [6, 6.07) is 6.29. The summed E-state index contributed by atoms with van der Waals surface area (Å²) in [4.78, 5) is 14.1. The Morgan fingerprint density at radius 1 is 1.52 bits per heavy atom. The van der Waals surface area contributed by atoms with Crippen LogP contribution in [0, 0.1) is 0 Å². The van der Waals surface area contributed by atoms with Crippen LogP contribution in [0.4, 0.5) is 0 Å². The van der Waals surface area contributed by atoms with Crippen LogP contribution in [0.5, 0.6) is 5.75 Å². The normalized spacial score (nSPS) is 15.6. The van der Waals surface area contributed by atoms with Gasteiger partial charge in [-0.05, 0) is 56.9 Å².